The Morgan fingerprint density at radius 2 is 2.12 bits per heavy atom. The van der Waals surface area contributed by atoms with E-state index in [1.54, 1.807) is 6.92 Å². The predicted octanol–water partition coefficient (Wildman–Crippen LogP) is 2.47. The van der Waals surface area contributed by atoms with Crippen LogP contribution in [-0.2, 0) is 12.8 Å². The van der Waals surface area contributed by atoms with Gasteiger partial charge in [-0.15, -0.1) is 10.2 Å². The van der Waals surface area contributed by atoms with E-state index >= 15 is 0 Å². The molecule has 2 rings (SSSR count). The van der Waals surface area contributed by atoms with Crippen LogP contribution in [-0.4, -0.2) is 20.0 Å². The van der Waals surface area contributed by atoms with Crippen LogP contribution in [0.25, 0.3) is 0 Å². The standard InChI is InChI=1S/C9H11BrN4OS/c1-5-8(10)7(14(3)13-5)4-16-9-12-11-6(2)15-9/h4H2,1-3H3. The van der Waals surface area contributed by atoms with Crippen LogP contribution in [0.4, 0.5) is 0 Å². The lowest BCUT2D eigenvalue weighted by Gasteiger charge is -1.99. The molecular weight excluding hydrogens is 292 g/mol. The van der Waals surface area contributed by atoms with Gasteiger partial charge >= 0.3 is 0 Å². The molecule has 0 aromatic carbocycles. The van der Waals surface area contributed by atoms with Crippen LogP contribution in [0.5, 0.6) is 0 Å². The van der Waals surface area contributed by atoms with Crippen molar-refractivity contribution in [3.63, 3.8) is 0 Å². The van der Waals surface area contributed by atoms with Crippen LogP contribution in [0.15, 0.2) is 14.1 Å². The van der Waals surface area contributed by atoms with E-state index in [-0.39, 0.29) is 0 Å². The van der Waals surface area contributed by atoms with E-state index in [4.69, 9.17) is 4.42 Å². The normalized spacial score (nSPS) is 11.0. The molecule has 86 valence electrons. The lowest BCUT2D eigenvalue weighted by Crippen LogP contribution is -1.96. The Bertz CT molecular complexity index is 508. The van der Waals surface area contributed by atoms with Gasteiger partial charge in [0.1, 0.15) is 0 Å². The summed E-state index contributed by atoms with van der Waals surface area (Å²) in [4.78, 5) is 0. The maximum Gasteiger partial charge on any atom is 0.276 e. The summed E-state index contributed by atoms with van der Waals surface area (Å²) in [6, 6.07) is 0. The minimum Gasteiger partial charge on any atom is -0.416 e. The highest BCUT2D eigenvalue weighted by Crippen LogP contribution is 2.27. The SMILES string of the molecule is Cc1nnc(SCc2c(Br)c(C)nn2C)o1. The van der Waals surface area contributed by atoms with Gasteiger partial charge in [-0.25, -0.2) is 0 Å². The first-order valence-corrected chi connectivity index (χ1v) is 6.46. The third-order valence-corrected chi connectivity index (χ3v) is 3.96. The third kappa shape index (κ3) is 2.30. The molecule has 0 bridgehead atoms. The number of rotatable bonds is 3. The number of aryl methyl sites for hydroxylation is 3. The molecule has 2 heterocycles. The summed E-state index contributed by atoms with van der Waals surface area (Å²) in [5.74, 6) is 1.34. The highest BCUT2D eigenvalue weighted by molar-refractivity contribution is 9.10. The summed E-state index contributed by atoms with van der Waals surface area (Å²) in [5, 5.41) is 12.6. The average Bonchev–Trinajstić information content (AvgIpc) is 2.72. The van der Waals surface area contributed by atoms with Gasteiger partial charge in [0.05, 0.1) is 15.9 Å². The fourth-order valence-electron chi connectivity index (χ4n) is 1.30. The predicted molar refractivity (Wildman–Crippen MR) is 64.2 cm³/mol. The Kier molecular flexibility index (Phi) is 3.34. The molecular formula is C9H11BrN4OS. The second kappa shape index (κ2) is 4.58. The maximum atomic E-state index is 5.29. The Hall–Kier alpha value is -0.820. The molecule has 5 nitrogen and oxygen atoms in total. The third-order valence-electron chi connectivity index (χ3n) is 2.10. The van der Waals surface area contributed by atoms with Gasteiger partial charge in [0.2, 0.25) is 5.89 Å². The zero-order valence-corrected chi connectivity index (χ0v) is 11.6. The fraction of sp³-hybridized carbons (Fsp3) is 0.444. The molecule has 0 radical (unpaired) electrons. The molecule has 0 unspecified atom stereocenters. The molecule has 0 aliphatic rings. The van der Waals surface area contributed by atoms with E-state index in [0.29, 0.717) is 11.1 Å². The molecule has 0 amide bonds. The van der Waals surface area contributed by atoms with Crippen molar-refractivity contribution in [1.82, 2.24) is 20.0 Å². The van der Waals surface area contributed by atoms with Crippen LogP contribution in [0, 0.1) is 13.8 Å². The molecule has 0 aliphatic heterocycles. The number of hydrogen-bond acceptors (Lipinski definition) is 5. The van der Waals surface area contributed by atoms with Crippen molar-refractivity contribution in [2.75, 3.05) is 0 Å². The van der Waals surface area contributed by atoms with E-state index in [1.165, 1.54) is 11.8 Å². The smallest absolute Gasteiger partial charge is 0.276 e. The van der Waals surface area contributed by atoms with Gasteiger partial charge in [-0.2, -0.15) is 5.10 Å². The van der Waals surface area contributed by atoms with E-state index in [0.717, 1.165) is 21.6 Å². The second-order valence-corrected chi connectivity index (χ2v) is 5.06. The monoisotopic (exact) mass is 302 g/mol. The summed E-state index contributed by atoms with van der Waals surface area (Å²) in [7, 11) is 1.92. The van der Waals surface area contributed by atoms with Crippen molar-refractivity contribution in [2.24, 2.45) is 7.05 Å². The Morgan fingerprint density at radius 1 is 1.38 bits per heavy atom. The van der Waals surface area contributed by atoms with Crippen molar-refractivity contribution in [3.05, 3.63) is 21.8 Å². The van der Waals surface area contributed by atoms with Crippen LogP contribution in [0.2, 0.25) is 0 Å². The molecule has 0 spiro atoms. The van der Waals surface area contributed by atoms with E-state index in [2.05, 4.69) is 31.2 Å². The van der Waals surface area contributed by atoms with E-state index in [1.807, 2.05) is 18.7 Å². The molecule has 2 aromatic rings. The molecule has 0 fully saturated rings. The van der Waals surface area contributed by atoms with E-state index in [9.17, 15) is 0 Å². The summed E-state index contributed by atoms with van der Waals surface area (Å²) >= 11 is 5.02. The zero-order chi connectivity index (χ0) is 11.7. The largest absolute Gasteiger partial charge is 0.416 e. The van der Waals surface area contributed by atoms with Crippen LogP contribution < -0.4 is 0 Å². The van der Waals surface area contributed by atoms with Gasteiger partial charge in [0.15, 0.2) is 0 Å². The Balaban J connectivity index is 2.10. The zero-order valence-electron chi connectivity index (χ0n) is 9.19. The lowest BCUT2D eigenvalue weighted by molar-refractivity contribution is 0.429. The summed E-state index contributed by atoms with van der Waals surface area (Å²) in [6.07, 6.45) is 0. The van der Waals surface area contributed by atoms with Crippen molar-refractivity contribution in [1.29, 1.82) is 0 Å². The number of hydrogen-bond donors (Lipinski definition) is 0. The van der Waals surface area contributed by atoms with Gasteiger partial charge < -0.3 is 4.42 Å². The summed E-state index contributed by atoms with van der Waals surface area (Å²) in [5.41, 5.74) is 2.10. The maximum absolute atomic E-state index is 5.29. The fourth-order valence-corrected chi connectivity index (χ4v) is 2.83. The van der Waals surface area contributed by atoms with Gasteiger partial charge in [-0.3, -0.25) is 4.68 Å². The molecule has 16 heavy (non-hydrogen) atoms. The van der Waals surface area contributed by atoms with Crippen molar-refractivity contribution in [2.45, 2.75) is 24.8 Å². The molecule has 2 aromatic heterocycles. The average molecular weight is 303 g/mol. The highest BCUT2D eigenvalue weighted by atomic mass is 79.9. The van der Waals surface area contributed by atoms with Crippen molar-refractivity contribution >= 4 is 27.7 Å². The van der Waals surface area contributed by atoms with Gasteiger partial charge in [-0.05, 0) is 22.9 Å². The molecule has 0 saturated carbocycles. The van der Waals surface area contributed by atoms with Gasteiger partial charge in [0, 0.05) is 19.7 Å². The van der Waals surface area contributed by atoms with Crippen LogP contribution in [0.1, 0.15) is 17.3 Å². The Labute approximate surface area is 106 Å². The molecule has 7 heteroatoms. The van der Waals surface area contributed by atoms with Gasteiger partial charge in [-0.1, -0.05) is 11.8 Å². The molecule has 0 saturated heterocycles. The molecule has 0 N–H and O–H groups in total. The van der Waals surface area contributed by atoms with E-state index < -0.39 is 0 Å². The lowest BCUT2D eigenvalue weighted by atomic mass is 10.4. The number of aromatic nitrogens is 4. The highest BCUT2D eigenvalue weighted by Gasteiger charge is 2.12. The summed E-state index contributed by atoms with van der Waals surface area (Å²) in [6.45, 7) is 3.75. The minimum atomic E-state index is 0.586. The first-order valence-electron chi connectivity index (χ1n) is 4.69. The number of halogens is 1. The topological polar surface area (TPSA) is 56.7 Å². The molecule has 0 atom stereocenters. The van der Waals surface area contributed by atoms with Crippen LogP contribution >= 0.6 is 27.7 Å². The Morgan fingerprint density at radius 3 is 2.62 bits per heavy atom. The first-order chi connectivity index (χ1) is 7.58. The second-order valence-electron chi connectivity index (χ2n) is 3.35. The van der Waals surface area contributed by atoms with Gasteiger partial charge in [0.25, 0.3) is 5.22 Å². The summed E-state index contributed by atoms with van der Waals surface area (Å²) < 4.78 is 8.18. The van der Waals surface area contributed by atoms with Crippen LogP contribution in [0.3, 0.4) is 0 Å². The van der Waals surface area contributed by atoms with Crippen molar-refractivity contribution < 1.29 is 4.42 Å². The van der Waals surface area contributed by atoms with Crippen molar-refractivity contribution in [3.8, 4) is 0 Å². The quantitative estimate of drug-likeness (QED) is 0.815. The molecule has 0 aliphatic carbocycles. The number of nitrogens with zero attached hydrogens (tertiary/aromatic N) is 4. The number of thioether (sulfide) groups is 1. The minimum absolute atomic E-state index is 0.586. The first kappa shape index (κ1) is 11.7.